The van der Waals surface area contributed by atoms with Crippen LogP contribution in [-0.2, 0) is 11.2 Å². The van der Waals surface area contributed by atoms with Gasteiger partial charge in [-0.05, 0) is 55.3 Å². The van der Waals surface area contributed by atoms with Gasteiger partial charge >= 0.3 is 0 Å². The third kappa shape index (κ3) is 7.16. The van der Waals surface area contributed by atoms with E-state index >= 15 is 0 Å². The molecule has 32 heavy (non-hydrogen) atoms. The minimum absolute atomic E-state index is 0.00893. The summed E-state index contributed by atoms with van der Waals surface area (Å²) in [5.41, 5.74) is 2.84. The van der Waals surface area contributed by atoms with E-state index in [1.165, 1.54) is 0 Å². The molecule has 3 aromatic rings. The van der Waals surface area contributed by atoms with Crippen molar-refractivity contribution in [2.45, 2.75) is 19.8 Å². The maximum absolute atomic E-state index is 12.1. The van der Waals surface area contributed by atoms with Crippen LogP contribution in [0.3, 0.4) is 0 Å². The molecule has 0 aliphatic heterocycles. The molecule has 0 saturated carbocycles. The van der Waals surface area contributed by atoms with E-state index in [0.29, 0.717) is 37.7 Å². The van der Waals surface area contributed by atoms with E-state index < -0.39 is 0 Å². The summed E-state index contributed by atoms with van der Waals surface area (Å²) >= 11 is 0. The van der Waals surface area contributed by atoms with Gasteiger partial charge in [-0.25, -0.2) is 4.98 Å². The Morgan fingerprint density at radius 3 is 2.22 bits per heavy atom. The topological polar surface area (TPSA) is 97.4 Å². The number of rotatable bonds is 11. The van der Waals surface area contributed by atoms with Gasteiger partial charge in [0.2, 0.25) is 11.9 Å². The molecule has 1 aromatic heterocycles. The Bertz CT molecular complexity index is 1010. The minimum Gasteiger partial charge on any atom is -0.497 e. The number of aromatic nitrogens is 2. The molecular weight excluding hydrogens is 406 g/mol. The Morgan fingerprint density at radius 2 is 1.56 bits per heavy atom. The van der Waals surface area contributed by atoms with Gasteiger partial charge in [0.1, 0.15) is 17.3 Å². The predicted molar refractivity (Wildman–Crippen MR) is 126 cm³/mol. The number of nitrogens with one attached hydrogen (secondary N) is 3. The maximum atomic E-state index is 12.1. The smallest absolute Gasteiger partial charge is 0.224 e. The van der Waals surface area contributed by atoms with Crippen LogP contribution in [0.2, 0.25) is 0 Å². The number of ether oxygens (including phenoxy) is 2. The molecule has 0 aliphatic rings. The lowest BCUT2D eigenvalue weighted by Gasteiger charge is -2.11. The standard InChI is InChI=1S/C24H29N5O3/c1-17-16-22(28-19-7-11-21(32-3)12-8-19)29-24(27-17)26-15-14-25-23(30)13-6-18-4-9-20(31-2)10-5-18/h4-5,7-12,16H,6,13-15H2,1-3H3,(H,25,30)(H2,26,27,28,29). The van der Waals surface area contributed by atoms with Gasteiger partial charge in [-0.3, -0.25) is 4.79 Å². The maximum Gasteiger partial charge on any atom is 0.224 e. The first-order valence-electron chi connectivity index (χ1n) is 10.5. The number of hydrogen-bond donors (Lipinski definition) is 3. The molecule has 0 unspecified atom stereocenters. The van der Waals surface area contributed by atoms with E-state index in [1.54, 1.807) is 14.2 Å². The van der Waals surface area contributed by atoms with E-state index in [2.05, 4.69) is 25.9 Å². The van der Waals surface area contributed by atoms with Crippen LogP contribution < -0.4 is 25.4 Å². The van der Waals surface area contributed by atoms with E-state index in [4.69, 9.17) is 9.47 Å². The summed E-state index contributed by atoms with van der Waals surface area (Å²) in [6.45, 7) is 2.92. The number of benzene rings is 2. The Kier molecular flexibility index (Phi) is 8.25. The summed E-state index contributed by atoms with van der Waals surface area (Å²) < 4.78 is 10.3. The van der Waals surface area contributed by atoms with Crippen LogP contribution in [0.25, 0.3) is 0 Å². The Balaban J connectivity index is 1.42. The fourth-order valence-corrected chi connectivity index (χ4v) is 3.05. The van der Waals surface area contributed by atoms with Crippen molar-refractivity contribution < 1.29 is 14.3 Å². The van der Waals surface area contributed by atoms with Gasteiger partial charge in [-0.15, -0.1) is 0 Å². The zero-order valence-corrected chi connectivity index (χ0v) is 18.6. The number of methoxy groups -OCH3 is 2. The summed E-state index contributed by atoms with van der Waals surface area (Å²) in [5.74, 6) is 2.81. The second kappa shape index (κ2) is 11.5. The van der Waals surface area contributed by atoms with E-state index in [9.17, 15) is 4.79 Å². The predicted octanol–water partition coefficient (Wildman–Crippen LogP) is 3.71. The lowest BCUT2D eigenvalue weighted by Crippen LogP contribution is -2.29. The summed E-state index contributed by atoms with van der Waals surface area (Å²) in [4.78, 5) is 21.0. The fourth-order valence-electron chi connectivity index (χ4n) is 3.05. The second-order valence-electron chi connectivity index (χ2n) is 7.20. The largest absolute Gasteiger partial charge is 0.497 e. The number of carbonyl (C=O) groups is 1. The number of carbonyl (C=O) groups excluding carboxylic acids is 1. The molecule has 0 radical (unpaired) electrons. The fraction of sp³-hybridized carbons (Fsp3) is 0.292. The molecule has 168 valence electrons. The highest BCUT2D eigenvalue weighted by Gasteiger charge is 2.05. The van der Waals surface area contributed by atoms with Crippen LogP contribution in [0.4, 0.5) is 17.5 Å². The summed E-state index contributed by atoms with van der Waals surface area (Å²) in [6, 6.07) is 17.2. The van der Waals surface area contributed by atoms with Gasteiger partial charge in [0.15, 0.2) is 0 Å². The number of aryl methyl sites for hydroxylation is 2. The molecule has 0 spiro atoms. The van der Waals surface area contributed by atoms with Gasteiger partial charge in [0.05, 0.1) is 14.2 Å². The number of hydrogen-bond acceptors (Lipinski definition) is 7. The first kappa shape index (κ1) is 22.9. The van der Waals surface area contributed by atoms with Crippen LogP contribution >= 0.6 is 0 Å². The number of amides is 1. The van der Waals surface area contributed by atoms with Crippen molar-refractivity contribution in [2.24, 2.45) is 0 Å². The van der Waals surface area contributed by atoms with Crippen molar-refractivity contribution in [3.05, 3.63) is 65.9 Å². The highest BCUT2D eigenvalue weighted by atomic mass is 16.5. The van der Waals surface area contributed by atoms with Gasteiger partial charge in [-0.1, -0.05) is 12.1 Å². The van der Waals surface area contributed by atoms with Crippen LogP contribution in [0.1, 0.15) is 17.7 Å². The second-order valence-corrected chi connectivity index (χ2v) is 7.20. The third-order valence-electron chi connectivity index (χ3n) is 4.75. The van der Waals surface area contributed by atoms with Crippen molar-refractivity contribution in [3.63, 3.8) is 0 Å². The minimum atomic E-state index is 0.00893. The van der Waals surface area contributed by atoms with Gasteiger partial charge in [0.25, 0.3) is 0 Å². The molecule has 0 fully saturated rings. The first-order chi connectivity index (χ1) is 15.6. The van der Waals surface area contributed by atoms with Gasteiger partial charge < -0.3 is 25.4 Å². The Morgan fingerprint density at radius 1 is 0.906 bits per heavy atom. The highest BCUT2D eigenvalue weighted by molar-refractivity contribution is 5.76. The summed E-state index contributed by atoms with van der Waals surface area (Å²) in [6.07, 6.45) is 1.12. The molecule has 1 heterocycles. The normalized spacial score (nSPS) is 10.3. The van der Waals surface area contributed by atoms with Crippen LogP contribution in [-0.4, -0.2) is 43.2 Å². The molecule has 8 heteroatoms. The number of nitrogens with zero attached hydrogens (tertiary/aromatic N) is 2. The first-order valence-corrected chi connectivity index (χ1v) is 10.5. The Labute approximate surface area is 188 Å². The average Bonchev–Trinajstić information content (AvgIpc) is 2.81. The third-order valence-corrected chi connectivity index (χ3v) is 4.75. The van der Waals surface area contributed by atoms with Gasteiger partial charge in [0, 0.05) is 37.0 Å². The molecule has 0 bridgehead atoms. The van der Waals surface area contributed by atoms with Crippen molar-refractivity contribution in [2.75, 3.05) is 37.9 Å². The van der Waals surface area contributed by atoms with E-state index in [1.807, 2.05) is 61.5 Å². The average molecular weight is 436 g/mol. The van der Waals surface area contributed by atoms with Crippen LogP contribution in [0.15, 0.2) is 54.6 Å². The Hall–Kier alpha value is -3.81. The van der Waals surface area contributed by atoms with Crippen molar-refractivity contribution in [1.29, 1.82) is 0 Å². The molecule has 3 N–H and O–H groups in total. The SMILES string of the molecule is COc1ccc(CCC(=O)NCCNc2nc(C)cc(Nc3ccc(OC)cc3)n2)cc1. The molecule has 0 saturated heterocycles. The molecule has 1 amide bonds. The summed E-state index contributed by atoms with van der Waals surface area (Å²) in [7, 11) is 3.27. The summed E-state index contributed by atoms with van der Waals surface area (Å²) in [5, 5.41) is 9.34. The van der Waals surface area contributed by atoms with Crippen molar-refractivity contribution in [3.8, 4) is 11.5 Å². The van der Waals surface area contributed by atoms with E-state index in [-0.39, 0.29) is 5.91 Å². The highest BCUT2D eigenvalue weighted by Crippen LogP contribution is 2.20. The van der Waals surface area contributed by atoms with Crippen molar-refractivity contribution >= 4 is 23.4 Å². The zero-order chi connectivity index (χ0) is 22.8. The van der Waals surface area contributed by atoms with Crippen molar-refractivity contribution in [1.82, 2.24) is 15.3 Å². The van der Waals surface area contributed by atoms with Gasteiger partial charge in [-0.2, -0.15) is 4.98 Å². The monoisotopic (exact) mass is 435 g/mol. The molecule has 0 atom stereocenters. The molecule has 3 rings (SSSR count). The molecule has 8 nitrogen and oxygen atoms in total. The number of anilines is 3. The zero-order valence-electron chi connectivity index (χ0n) is 18.6. The van der Waals surface area contributed by atoms with Crippen LogP contribution in [0.5, 0.6) is 11.5 Å². The molecule has 2 aromatic carbocycles. The lowest BCUT2D eigenvalue weighted by molar-refractivity contribution is -0.120. The van der Waals surface area contributed by atoms with Crippen LogP contribution in [0, 0.1) is 6.92 Å². The molecular formula is C24H29N5O3. The quantitative estimate of drug-likeness (QED) is 0.395. The molecule has 0 aliphatic carbocycles. The van der Waals surface area contributed by atoms with E-state index in [0.717, 1.165) is 28.4 Å². The lowest BCUT2D eigenvalue weighted by atomic mass is 10.1.